The Kier molecular flexibility index (Phi) is 6.86. The molecule has 1 aliphatic rings. The Hall–Kier alpha value is -0.420. The molecule has 0 saturated carbocycles. The lowest BCUT2D eigenvalue weighted by Gasteiger charge is -2.24. The second kappa shape index (κ2) is 7.89. The van der Waals surface area contributed by atoms with Gasteiger partial charge in [0.05, 0.1) is 12.1 Å². The smallest absolute Gasteiger partial charge is 0.193 e. The van der Waals surface area contributed by atoms with Crippen LogP contribution in [0.2, 0.25) is 0 Å². The molecule has 0 amide bonds. The Morgan fingerprint density at radius 1 is 1.50 bits per heavy atom. The summed E-state index contributed by atoms with van der Waals surface area (Å²) in [5.74, 6) is 2.78. The van der Waals surface area contributed by atoms with Crippen molar-refractivity contribution in [1.29, 1.82) is 0 Å². The van der Waals surface area contributed by atoms with E-state index < -0.39 is 5.60 Å². The number of nitrogens with one attached hydrogen (secondary N) is 1. The second-order valence-electron chi connectivity index (χ2n) is 4.97. The lowest BCUT2D eigenvalue weighted by atomic mass is 10.1. The van der Waals surface area contributed by atoms with Gasteiger partial charge in [-0.2, -0.15) is 11.8 Å². The van der Waals surface area contributed by atoms with Crippen LogP contribution in [0.3, 0.4) is 0 Å². The zero-order valence-corrected chi connectivity index (χ0v) is 12.7. The zero-order valence-electron chi connectivity index (χ0n) is 11.9. The number of thioether (sulfide) groups is 1. The highest BCUT2D eigenvalue weighted by molar-refractivity contribution is 7.99. The predicted molar refractivity (Wildman–Crippen MR) is 80.4 cm³/mol. The summed E-state index contributed by atoms with van der Waals surface area (Å²) < 4.78 is 0. The molecule has 0 aromatic rings. The van der Waals surface area contributed by atoms with Crippen LogP contribution in [0.5, 0.6) is 0 Å². The van der Waals surface area contributed by atoms with Crippen molar-refractivity contribution in [2.24, 2.45) is 4.99 Å². The largest absolute Gasteiger partial charge is 0.387 e. The van der Waals surface area contributed by atoms with Gasteiger partial charge in [0.25, 0.3) is 0 Å². The van der Waals surface area contributed by atoms with Gasteiger partial charge in [-0.1, -0.05) is 13.3 Å². The first-order chi connectivity index (χ1) is 8.61. The fourth-order valence-electron chi connectivity index (χ4n) is 1.91. The van der Waals surface area contributed by atoms with E-state index in [0.717, 1.165) is 37.0 Å². The van der Waals surface area contributed by atoms with Crippen LogP contribution < -0.4 is 5.32 Å². The van der Waals surface area contributed by atoms with Crippen molar-refractivity contribution in [2.75, 3.05) is 38.2 Å². The minimum absolute atomic E-state index is 0.513. The average Bonchev–Trinajstić information content (AvgIpc) is 2.79. The highest BCUT2D eigenvalue weighted by Gasteiger charge is 2.31. The van der Waals surface area contributed by atoms with Crippen LogP contribution >= 0.6 is 11.8 Å². The Balaban J connectivity index is 2.53. The van der Waals surface area contributed by atoms with Gasteiger partial charge >= 0.3 is 0 Å². The van der Waals surface area contributed by atoms with E-state index in [1.54, 1.807) is 0 Å². The fraction of sp³-hybridized carbons (Fsp3) is 0.923. The molecule has 0 aromatic carbocycles. The molecule has 0 radical (unpaired) electrons. The summed E-state index contributed by atoms with van der Waals surface area (Å²) in [6.07, 6.45) is 3.21. The quantitative estimate of drug-likeness (QED) is 0.569. The number of nitrogens with zero attached hydrogens (tertiary/aromatic N) is 2. The fourth-order valence-corrected chi connectivity index (χ4v) is 3.20. The van der Waals surface area contributed by atoms with Crippen molar-refractivity contribution in [3.63, 3.8) is 0 Å². The summed E-state index contributed by atoms with van der Waals surface area (Å²) in [5.41, 5.74) is -0.586. The minimum atomic E-state index is -0.586. The molecule has 5 heteroatoms. The third kappa shape index (κ3) is 5.06. The highest BCUT2D eigenvalue weighted by Crippen LogP contribution is 2.27. The van der Waals surface area contributed by atoms with Gasteiger partial charge in [-0.05, 0) is 25.5 Å². The van der Waals surface area contributed by atoms with Crippen molar-refractivity contribution in [3.8, 4) is 0 Å². The van der Waals surface area contributed by atoms with Crippen LogP contribution in [0.25, 0.3) is 0 Å². The molecule has 0 spiro atoms. The van der Waals surface area contributed by atoms with Gasteiger partial charge in [0.1, 0.15) is 0 Å². The number of rotatable bonds is 6. The van der Waals surface area contributed by atoms with E-state index in [0.29, 0.717) is 6.54 Å². The van der Waals surface area contributed by atoms with Crippen molar-refractivity contribution >= 4 is 17.7 Å². The van der Waals surface area contributed by atoms with Crippen LogP contribution in [-0.2, 0) is 0 Å². The molecule has 1 heterocycles. The molecule has 1 saturated heterocycles. The summed E-state index contributed by atoms with van der Waals surface area (Å²) >= 11 is 1.82. The number of aliphatic hydroxyl groups is 1. The van der Waals surface area contributed by atoms with Gasteiger partial charge in [-0.15, -0.1) is 0 Å². The first-order valence-corrected chi connectivity index (χ1v) is 8.06. The molecule has 1 rings (SSSR count). The summed E-state index contributed by atoms with van der Waals surface area (Å²) in [5, 5.41) is 13.6. The van der Waals surface area contributed by atoms with Crippen molar-refractivity contribution in [3.05, 3.63) is 0 Å². The number of guanidine groups is 1. The summed E-state index contributed by atoms with van der Waals surface area (Å²) in [6, 6.07) is 0. The van der Waals surface area contributed by atoms with E-state index in [-0.39, 0.29) is 0 Å². The van der Waals surface area contributed by atoms with Crippen LogP contribution in [0.1, 0.15) is 33.1 Å². The van der Waals surface area contributed by atoms with Crippen LogP contribution in [-0.4, -0.2) is 59.8 Å². The van der Waals surface area contributed by atoms with Crippen LogP contribution in [0, 0.1) is 0 Å². The molecule has 0 aromatic heterocycles. The molecule has 106 valence electrons. The number of unbranched alkanes of at least 4 members (excludes halogenated alkanes) is 1. The van der Waals surface area contributed by atoms with Crippen molar-refractivity contribution < 1.29 is 5.11 Å². The van der Waals surface area contributed by atoms with Crippen LogP contribution in [0.15, 0.2) is 4.99 Å². The molecule has 0 bridgehead atoms. The zero-order chi connectivity index (χ0) is 13.4. The topological polar surface area (TPSA) is 47.9 Å². The monoisotopic (exact) mass is 273 g/mol. The lowest BCUT2D eigenvalue weighted by molar-refractivity contribution is 0.0776. The summed E-state index contributed by atoms with van der Waals surface area (Å²) in [4.78, 5) is 6.74. The Morgan fingerprint density at radius 3 is 2.83 bits per heavy atom. The molecular weight excluding hydrogens is 246 g/mol. The molecular formula is C13H27N3OS. The first kappa shape index (κ1) is 15.6. The Labute approximate surface area is 115 Å². The molecule has 4 nitrogen and oxygen atoms in total. The van der Waals surface area contributed by atoms with E-state index in [1.807, 2.05) is 11.8 Å². The average molecular weight is 273 g/mol. The van der Waals surface area contributed by atoms with Crippen LogP contribution in [0.4, 0.5) is 0 Å². The van der Waals surface area contributed by atoms with E-state index in [9.17, 15) is 5.11 Å². The molecule has 1 unspecified atom stereocenters. The van der Waals surface area contributed by atoms with E-state index in [4.69, 9.17) is 0 Å². The molecule has 2 N–H and O–H groups in total. The lowest BCUT2D eigenvalue weighted by Crippen LogP contribution is -2.41. The summed E-state index contributed by atoms with van der Waals surface area (Å²) in [7, 11) is 2.06. The number of aliphatic imine (C=N–C) groups is 1. The van der Waals surface area contributed by atoms with E-state index in [1.165, 1.54) is 12.8 Å². The maximum absolute atomic E-state index is 10.3. The Morgan fingerprint density at radius 2 is 2.28 bits per heavy atom. The standard InChI is InChI=1S/C13H27N3OS/c1-4-6-8-16(3)12(14-5-2)15-10-13(17)7-9-18-11-13/h17H,4-11H2,1-3H3,(H,14,15). The maximum Gasteiger partial charge on any atom is 0.193 e. The van der Waals surface area contributed by atoms with Gasteiger partial charge in [-0.3, -0.25) is 4.99 Å². The number of hydrogen-bond acceptors (Lipinski definition) is 3. The third-order valence-electron chi connectivity index (χ3n) is 3.15. The van der Waals surface area contributed by atoms with E-state index >= 15 is 0 Å². The van der Waals surface area contributed by atoms with Gasteiger partial charge in [-0.25, -0.2) is 0 Å². The molecule has 1 aliphatic heterocycles. The molecule has 1 fully saturated rings. The van der Waals surface area contributed by atoms with E-state index in [2.05, 4.69) is 36.1 Å². The van der Waals surface area contributed by atoms with Gasteiger partial charge in [0.15, 0.2) is 5.96 Å². The summed E-state index contributed by atoms with van der Waals surface area (Å²) in [6.45, 7) is 6.65. The van der Waals surface area contributed by atoms with Crippen molar-refractivity contribution in [2.45, 2.75) is 38.7 Å². The predicted octanol–water partition coefficient (Wildman–Crippen LogP) is 1.55. The highest BCUT2D eigenvalue weighted by atomic mass is 32.2. The van der Waals surface area contributed by atoms with Crippen molar-refractivity contribution in [1.82, 2.24) is 10.2 Å². The van der Waals surface area contributed by atoms with Gasteiger partial charge in [0.2, 0.25) is 0 Å². The molecule has 0 aliphatic carbocycles. The normalized spacial score (nSPS) is 24.3. The molecule has 18 heavy (non-hydrogen) atoms. The van der Waals surface area contributed by atoms with Gasteiger partial charge < -0.3 is 15.3 Å². The Bertz CT molecular complexity index is 265. The SMILES string of the molecule is CCCCN(C)C(=NCC1(O)CCSC1)NCC. The second-order valence-corrected chi connectivity index (χ2v) is 6.08. The minimum Gasteiger partial charge on any atom is -0.387 e. The first-order valence-electron chi connectivity index (χ1n) is 6.91. The number of hydrogen-bond donors (Lipinski definition) is 2. The third-order valence-corrected chi connectivity index (χ3v) is 4.38. The maximum atomic E-state index is 10.3. The van der Waals surface area contributed by atoms with Gasteiger partial charge in [0, 0.05) is 25.9 Å². The molecule has 1 atom stereocenters.